The van der Waals surface area contributed by atoms with Gasteiger partial charge in [-0.15, -0.1) is 0 Å². The maximum atomic E-state index is 12.3. The van der Waals surface area contributed by atoms with E-state index in [0.717, 1.165) is 16.9 Å². The van der Waals surface area contributed by atoms with E-state index >= 15 is 0 Å². The molecule has 21 heavy (non-hydrogen) atoms. The summed E-state index contributed by atoms with van der Waals surface area (Å²) in [6, 6.07) is 9.45. The first-order valence-electron chi connectivity index (χ1n) is 6.60. The molecular formula is C17H18N2O2. The first-order chi connectivity index (χ1) is 10.1. The van der Waals surface area contributed by atoms with Crippen molar-refractivity contribution in [3.63, 3.8) is 0 Å². The molecule has 0 N–H and O–H groups in total. The molecule has 0 spiro atoms. The summed E-state index contributed by atoms with van der Waals surface area (Å²) in [5, 5.41) is 0. The topological polar surface area (TPSA) is 42.4 Å². The first kappa shape index (κ1) is 14.8. The molecule has 2 aromatic rings. The number of ether oxygens (including phenoxy) is 1. The normalized spacial score (nSPS) is 10.6. The van der Waals surface area contributed by atoms with E-state index in [1.807, 2.05) is 49.3 Å². The molecule has 0 amide bonds. The summed E-state index contributed by atoms with van der Waals surface area (Å²) in [4.78, 5) is 18.2. The van der Waals surface area contributed by atoms with Crippen LogP contribution >= 0.6 is 0 Å². The fourth-order valence-corrected chi connectivity index (χ4v) is 2.00. The lowest BCUT2D eigenvalue weighted by Gasteiger charge is -2.11. The lowest BCUT2D eigenvalue weighted by atomic mass is 9.98. The van der Waals surface area contributed by atoms with E-state index in [2.05, 4.69) is 4.98 Å². The number of ketones is 1. The third-order valence-electron chi connectivity index (χ3n) is 3.01. The minimum Gasteiger partial charge on any atom is -0.496 e. The smallest absolute Gasteiger partial charge is 0.189 e. The highest BCUT2D eigenvalue weighted by Gasteiger charge is 2.13. The van der Waals surface area contributed by atoms with Crippen molar-refractivity contribution in [2.24, 2.45) is 0 Å². The van der Waals surface area contributed by atoms with Crippen molar-refractivity contribution in [3.05, 3.63) is 60.6 Å². The van der Waals surface area contributed by atoms with Crippen molar-refractivity contribution in [2.45, 2.75) is 0 Å². The molecule has 0 radical (unpaired) electrons. The lowest BCUT2D eigenvalue weighted by Crippen LogP contribution is -2.04. The fourth-order valence-electron chi connectivity index (χ4n) is 2.00. The molecule has 4 nitrogen and oxygen atoms in total. The van der Waals surface area contributed by atoms with Crippen LogP contribution in [0.2, 0.25) is 0 Å². The van der Waals surface area contributed by atoms with Crippen molar-refractivity contribution in [2.75, 3.05) is 21.2 Å². The number of benzene rings is 1. The summed E-state index contributed by atoms with van der Waals surface area (Å²) in [6.45, 7) is 0. The molecule has 0 bridgehead atoms. The van der Waals surface area contributed by atoms with Gasteiger partial charge in [-0.1, -0.05) is 18.2 Å². The van der Waals surface area contributed by atoms with Gasteiger partial charge in [-0.25, -0.2) is 0 Å². The average molecular weight is 282 g/mol. The van der Waals surface area contributed by atoms with E-state index in [9.17, 15) is 4.79 Å². The third kappa shape index (κ3) is 3.48. The van der Waals surface area contributed by atoms with Crippen LogP contribution in [0.1, 0.15) is 10.4 Å². The zero-order valence-electron chi connectivity index (χ0n) is 12.4. The Kier molecular flexibility index (Phi) is 4.72. The monoisotopic (exact) mass is 282 g/mol. The number of hydrogen-bond acceptors (Lipinski definition) is 4. The second-order valence-electron chi connectivity index (χ2n) is 4.77. The van der Waals surface area contributed by atoms with Gasteiger partial charge < -0.3 is 9.64 Å². The Morgan fingerprint density at radius 1 is 1.19 bits per heavy atom. The van der Waals surface area contributed by atoms with E-state index in [1.165, 1.54) is 6.08 Å². The standard InChI is InChI=1S/C17H18N2O2/c1-19(2)11-9-16(20)15-12-18-10-8-13(15)14-6-4-5-7-17(14)21-3/h4-12H,1-3H3/b11-9+. The number of methoxy groups -OCH3 is 1. The van der Waals surface area contributed by atoms with Crippen LogP contribution in [-0.2, 0) is 0 Å². The molecule has 0 aliphatic carbocycles. The van der Waals surface area contributed by atoms with Crippen LogP contribution in [0.4, 0.5) is 0 Å². The Labute approximate surface area is 124 Å². The molecule has 1 aromatic carbocycles. The van der Waals surface area contributed by atoms with Crippen molar-refractivity contribution in [1.82, 2.24) is 9.88 Å². The van der Waals surface area contributed by atoms with E-state index < -0.39 is 0 Å². The van der Waals surface area contributed by atoms with Gasteiger partial charge in [-0.2, -0.15) is 0 Å². The molecule has 0 saturated carbocycles. The Morgan fingerprint density at radius 3 is 2.67 bits per heavy atom. The van der Waals surface area contributed by atoms with Gasteiger partial charge >= 0.3 is 0 Å². The van der Waals surface area contributed by atoms with Gasteiger partial charge in [-0.3, -0.25) is 9.78 Å². The predicted octanol–water partition coefficient (Wildman–Crippen LogP) is 3.02. The highest BCUT2D eigenvalue weighted by atomic mass is 16.5. The Balaban J connectivity index is 2.49. The number of carbonyl (C=O) groups is 1. The molecule has 0 atom stereocenters. The molecule has 0 aliphatic heterocycles. The lowest BCUT2D eigenvalue weighted by molar-refractivity contribution is 0.104. The van der Waals surface area contributed by atoms with Crippen molar-refractivity contribution >= 4 is 5.78 Å². The minimum absolute atomic E-state index is 0.0855. The zero-order valence-corrected chi connectivity index (χ0v) is 12.4. The summed E-state index contributed by atoms with van der Waals surface area (Å²) < 4.78 is 5.37. The molecule has 1 aromatic heterocycles. The maximum absolute atomic E-state index is 12.3. The second-order valence-corrected chi connectivity index (χ2v) is 4.77. The number of pyridine rings is 1. The minimum atomic E-state index is -0.0855. The van der Waals surface area contributed by atoms with Crippen LogP contribution in [0, 0.1) is 0 Å². The van der Waals surface area contributed by atoms with Crippen LogP contribution in [0.3, 0.4) is 0 Å². The summed E-state index contributed by atoms with van der Waals surface area (Å²) in [5.74, 6) is 0.645. The number of allylic oxidation sites excluding steroid dienone is 1. The third-order valence-corrected chi connectivity index (χ3v) is 3.01. The highest BCUT2D eigenvalue weighted by Crippen LogP contribution is 2.31. The number of carbonyl (C=O) groups excluding carboxylic acids is 1. The average Bonchev–Trinajstić information content (AvgIpc) is 2.52. The zero-order chi connectivity index (χ0) is 15.2. The van der Waals surface area contributed by atoms with Crippen LogP contribution in [0.5, 0.6) is 5.75 Å². The second kappa shape index (κ2) is 6.70. The van der Waals surface area contributed by atoms with Gasteiger partial charge in [0.2, 0.25) is 0 Å². The molecule has 108 valence electrons. The van der Waals surface area contributed by atoms with Gasteiger partial charge in [0.15, 0.2) is 5.78 Å². The summed E-state index contributed by atoms with van der Waals surface area (Å²) in [7, 11) is 5.36. The largest absolute Gasteiger partial charge is 0.496 e. The first-order valence-corrected chi connectivity index (χ1v) is 6.60. The molecule has 2 rings (SSSR count). The molecule has 0 fully saturated rings. The summed E-state index contributed by atoms with van der Waals surface area (Å²) >= 11 is 0. The molecule has 4 heteroatoms. The van der Waals surface area contributed by atoms with E-state index in [0.29, 0.717) is 5.56 Å². The SMILES string of the molecule is COc1ccccc1-c1ccncc1C(=O)/C=C/N(C)C. The van der Waals surface area contributed by atoms with Crippen LogP contribution in [0.15, 0.2) is 55.0 Å². The van der Waals surface area contributed by atoms with Gasteiger partial charge in [0, 0.05) is 49.9 Å². The number of rotatable bonds is 5. The van der Waals surface area contributed by atoms with Gasteiger partial charge in [0.1, 0.15) is 5.75 Å². The summed E-state index contributed by atoms with van der Waals surface area (Å²) in [6.07, 6.45) is 6.52. The number of para-hydroxylation sites is 1. The number of hydrogen-bond donors (Lipinski definition) is 0. The molecule has 0 saturated heterocycles. The van der Waals surface area contributed by atoms with Gasteiger partial charge in [-0.05, 0) is 17.7 Å². The fraction of sp³-hybridized carbons (Fsp3) is 0.176. The van der Waals surface area contributed by atoms with Crippen LogP contribution in [-0.4, -0.2) is 36.9 Å². The molecular weight excluding hydrogens is 264 g/mol. The van der Waals surface area contributed by atoms with Crippen molar-refractivity contribution < 1.29 is 9.53 Å². The molecule has 0 unspecified atom stereocenters. The predicted molar refractivity (Wildman–Crippen MR) is 83.4 cm³/mol. The quantitative estimate of drug-likeness (QED) is 0.624. The van der Waals surface area contributed by atoms with Crippen LogP contribution in [0.25, 0.3) is 11.1 Å². The van der Waals surface area contributed by atoms with E-state index in [-0.39, 0.29) is 5.78 Å². The van der Waals surface area contributed by atoms with Gasteiger partial charge in [0.05, 0.1) is 7.11 Å². The Hall–Kier alpha value is -2.62. The maximum Gasteiger partial charge on any atom is 0.189 e. The van der Waals surface area contributed by atoms with Crippen LogP contribution < -0.4 is 4.74 Å². The Bertz CT molecular complexity index is 663. The number of aromatic nitrogens is 1. The van der Waals surface area contributed by atoms with Crippen molar-refractivity contribution in [1.29, 1.82) is 0 Å². The van der Waals surface area contributed by atoms with Crippen molar-refractivity contribution in [3.8, 4) is 16.9 Å². The number of nitrogens with zero attached hydrogens (tertiary/aromatic N) is 2. The van der Waals surface area contributed by atoms with E-state index in [4.69, 9.17) is 4.74 Å². The molecule has 1 heterocycles. The molecule has 0 aliphatic rings. The Morgan fingerprint density at radius 2 is 1.95 bits per heavy atom. The highest BCUT2D eigenvalue weighted by molar-refractivity contribution is 6.09. The van der Waals surface area contributed by atoms with E-state index in [1.54, 1.807) is 25.7 Å². The van der Waals surface area contributed by atoms with Gasteiger partial charge in [0.25, 0.3) is 0 Å². The summed E-state index contributed by atoms with van der Waals surface area (Å²) in [5.41, 5.74) is 2.25.